The lowest BCUT2D eigenvalue weighted by molar-refractivity contribution is 0.0686. The molecule has 0 atom stereocenters. The smallest absolute Gasteiger partial charge is 0.335 e. The van der Waals surface area contributed by atoms with Crippen molar-refractivity contribution >= 4 is 90.3 Å². The number of anilines is 2. The van der Waals surface area contributed by atoms with Crippen LogP contribution in [0.25, 0.3) is 12.2 Å². The van der Waals surface area contributed by atoms with E-state index in [2.05, 4.69) is 0 Å². The lowest BCUT2D eigenvalue weighted by atomic mass is 10.1. The highest BCUT2D eigenvalue weighted by Crippen LogP contribution is 2.34. The highest BCUT2D eigenvalue weighted by atomic mass is 32.2. The fourth-order valence-electron chi connectivity index (χ4n) is 7.92. The lowest BCUT2D eigenvalue weighted by Gasteiger charge is -2.14. The summed E-state index contributed by atoms with van der Waals surface area (Å²) in [5.41, 5.74) is 0.990. The number of fused-ring (bicyclic) bond motifs is 2. The monoisotopic (exact) mass is 996 g/mol. The number of nitrogens with zero attached hydrogens (tertiary/aromatic N) is 2. The Morgan fingerprint density at radius 3 is 1.06 bits per heavy atom. The molecule has 7 aromatic rings. The van der Waals surface area contributed by atoms with Crippen LogP contribution in [0.1, 0.15) is 94.0 Å². The molecule has 4 amide bonds. The number of carboxylic acids is 2. The van der Waals surface area contributed by atoms with Gasteiger partial charge in [0.15, 0.2) is 11.6 Å². The zero-order valence-electron chi connectivity index (χ0n) is 36.8. The average molecular weight is 997 g/mol. The first-order valence-corrected chi connectivity index (χ1v) is 24.3. The van der Waals surface area contributed by atoms with Gasteiger partial charge in [-0.05, 0) is 132 Å². The van der Waals surface area contributed by atoms with Gasteiger partial charge in [-0.2, -0.15) is 0 Å². The molecular weight excluding hydrogens is 965 g/mol. The first kappa shape index (κ1) is 47.5. The second-order valence-corrected chi connectivity index (χ2v) is 20.0. The average Bonchev–Trinajstić information content (AvgIpc) is 3.80. The Bertz CT molecular complexity index is 3590. The van der Waals surface area contributed by atoms with Gasteiger partial charge in [-0.15, -0.1) is 0 Å². The van der Waals surface area contributed by atoms with Gasteiger partial charge in [0, 0.05) is 11.1 Å². The molecule has 2 aliphatic rings. The Balaban J connectivity index is 0.836. The second kappa shape index (κ2) is 18.4. The number of sulfone groups is 2. The van der Waals surface area contributed by atoms with E-state index in [1.165, 1.54) is 84.9 Å². The van der Waals surface area contributed by atoms with E-state index < -0.39 is 66.8 Å². The number of allylic oxidation sites excluding steroid dienone is 2. The molecule has 0 bridgehead atoms. The summed E-state index contributed by atoms with van der Waals surface area (Å²) in [4.78, 5) is 104. The quantitative estimate of drug-likeness (QED) is 0.0593. The van der Waals surface area contributed by atoms with Crippen LogP contribution < -0.4 is 9.80 Å². The predicted octanol–water partition coefficient (Wildman–Crippen LogP) is 8.14. The van der Waals surface area contributed by atoms with Crippen LogP contribution in [0, 0.1) is 0 Å². The van der Waals surface area contributed by atoms with Gasteiger partial charge in [-0.3, -0.25) is 28.8 Å². The maximum absolute atomic E-state index is 13.6. The summed E-state index contributed by atoms with van der Waals surface area (Å²) in [5, 5.41) is 18.3. The van der Waals surface area contributed by atoms with E-state index in [0.29, 0.717) is 11.1 Å². The molecule has 2 N–H and O–H groups in total. The Morgan fingerprint density at radius 1 is 0.375 bits per heavy atom. The van der Waals surface area contributed by atoms with E-state index in [1.807, 2.05) is 0 Å². The van der Waals surface area contributed by atoms with Crippen LogP contribution in [0.3, 0.4) is 0 Å². The molecule has 0 spiro atoms. The van der Waals surface area contributed by atoms with E-state index in [0.717, 1.165) is 70.5 Å². The fourth-order valence-corrected chi connectivity index (χ4v) is 10.5. The number of imide groups is 2. The number of carboxylic acid groups (broad SMARTS) is 2. The fraction of sp³-hybridized carbons (Fsp3) is 0. The summed E-state index contributed by atoms with van der Waals surface area (Å²) in [6.45, 7) is 0. The van der Waals surface area contributed by atoms with E-state index in [1.54, 1.807) is 36.4 Å². The molecule has 72 heavy (non-hydrogen) atoms. The number of carbonyl (C=O) groups is 8. The molecule has 0 unspecified atom stereocenters. The number of aromatic carboxylic acids is 2. The molecule has 2 aliphatic heterocycles. The Morgan fingerprint density at radius 2 is 0.708 bits per heavy atom. The number of ketones is 2. The molecule has 0 saturated carbocycles. The van der Waals surface area contributed by atoms with Crippen molar-refractivity contribution in [1.29, 1.82) is 0 Å². The van der Waals surface area contributed by atoms with Gasteiger partial charge < -0.3 is 10.2 Å². The first-order chi connectivity index (χ1) is 34.3. The summed E-state index contributed by atoms with van der Waals surface area (Å²) in [6, 6.07) is 34.4. The highest BCUT2D eigenvalue weighted by molar-refractivity contribution is 7.91. The third kappa shape index (κ3) is 8.74. The van der Waals surface area contributed by atoms with E-state index in [-0.39, 0.29) is 75.5 Å². The van der Waals surface area contributed by atoms with Crippen LogP contribution in [0.4, 0.5) is 11.4 Å². The van der Waals surface area contributed by atoms with Crippen LogP contribution in [0.5, 0.6) is 0 Å². The minimum absolute atomic E-state index is 0.0460. The predicted molar refractivity (Wildman–Crippen MR) is 259 cm³/mol. The van der Waals surface area contributed by atoms with Crippen molar-refractivity contribution in [3.05, 3.63) is 226 Å². The third-order valence-corrected chi connectivity index (χ3v) is 15.3. The third-order valence-electron chi connectivity index (χ3n) is 11.7. The molecule has 0 saturated heterocycles. The number of amides is 4. The number of hydrogen-bond donors (Lipinski definition) is 2. The number of carbonyl (C=O) groups excluding carboxylic acids is 6. The van der Waals surface area contributed by atoms with Crippen molar-refractivity contribution in [2.24, 2.45) is 0 Å². The van der Waals surface area contributed by atoms with Crippen molar-refractivity contribution in [3.8, 4) is 0 Å². The zero-order valence-corrected chi connectivity index (χ0v) is 38.5. The molecule has 354 valence electrons. The second-order valence-electron chi connectivity index (χ2n) is 16.1. The Kier molecular flexibility index (Phi) is 12.2. The van der Waals surface area contributed by atoms with Crippen molar-refractivity contribution in [1.82, 2.24) is 0 Å². The molecular formula is C54H32N2O14S2. The lowest BCUT2D eigenvalue weighted by Crippen LogP contribution is -2.29. The van der Waals surface area contributed by atoms with Crippen molar-refractivity contribution in [2.45, 2.75) is 19.6 Å². The molecule has 18 heteroatoms. The number of hydrogen-bond acceptors (Lipinski definition) is 12. The van der Waals surface area contributed by atoms with Gasteiger partial charge in [-0.25, -0.2) is 36.2 Å². The van der Waals surface area contributed by atoms with Gasteiger partial charge in [-0.1, -0.05) is 60.7 Å². The summed E-state index contributed by atoms with van der Waals surface area (Å²) in [6.07, 6.45) is 5.67. The maximum Gasteiger partial charge on any atom is 0.335 e. The molecule has 0 fully saturated rings. The van der Waals surface area contributed by atoms with E-state index in [4.69, 9.17) is 10.2 Å². The maximum atomic E-state index is 13.6. The van der Waals surface area contributed by atoms with Crippen molar-refractivity contribution in [3.63, 3.8) is 0 Å². The first-order valence-electron chi connectivity index (χ1n) is 21.3. The molecule has 0 aromatic heterocycles. The standard InChI is InChI=1S/C54H32N2O14S2/c57-47(35-3-1-5-37(27-35)55-49(59)43-23-21-41(29-45(43)51(55)61)71(67,68)39-17-13-33(14-18-39)53(63)64)25-11-31-7-9-32(10-8-31)12-26-48(58)36-4-2-6-38(28-36)56-50(60)44-24-22-42(30-46(44)52(56)62)72(69,70)40-19-15-34(16-20-40)54(65)66/h1-30H,(H,63,64)(H,65,66)/b25-11+,26-12+. The van der Waals surface area contributed by atoms with Crippen LogP contribution in [-0.2, 0) is 19.7 Å². The summed E-state index contributed by atoms with van der Waals surface area (Å²) in [7, 11) is -8.40. The van der Waals surface area contributed by atoms with Gasteiger partial charge in [0.2, 0.25) is 19.7 Å². The molecule has 7 aromatic carbocycles. The molecule has 16 nitrogen and oxygen atoms in total. The van der Waals surface area contributed by atoms with Gasteiger partial charge >= 0.3 is 11.9 Å². The van der Waals surface area contributed by atoms with Crippen LogP contribution in [0.15, 0.2) is 189 Å². The van der Waals surface area contributed by atoms with E-state index in [9.17, 15) is 55.2 Å². The normalized spacial score (nSPS) is 13.5. The van der Waals surface area contributed by atoms with Gasteiger partial charge in [0.1, 0.15) is 0 Å². The van der Waals surface area contributed by atoms with Crippen molar-refractivity contribution in [2.75, 3.05) is 9.80 Å². The number of benzene rings is 7. The zero-order chi connectivity index (χ0) is 51.2. The topological polar surface area (TPSA) is 252 Å². The summed E-state index contributed by atoms with van der Waals surface area (Å²) in [5.74, 6) is -6.47. The Hall–Kier alpha value is -9.52. The SMILES string of the molecule is O=C(O)c1ccc(S(=O)(=O)c2ccc3c(c2)C(=O)N(c2cccc(C(=O)/C=C/c4ccc(/C=C/C(=O)c5cccc(N6C(=O)c7ccc(S(=O)(=O)c8ccc(C(=O)O)cc8)cc7C6=O)c5)cc4)c2)C3=O)cc1. The van der Waals surface area contributed by atoms with Gasteiger partial charge in [0.05, 0.1) is 64.3 Å². The van der Waals surface area contributed by atoms with Crippen molar-refractivity contribution < 1.29 is 65.4 Å². The number of rotatable bonds is 14. The van der Waals surface area contributed by atoms with Crippen LogP contribution in [-0.4, -0.2) is 74.2 Å². The Labute approximate surface area is 408 Å². The minimum atomic E-state index is -4.20. The van der Waals surface area contributed by atoms with Crippen LogP contribution in [0.2, 0.25) is 0 Å². The summed E-state index contributed by atoms with van der Waals surface area (Å²) >= 11 is 0. The van der Waals surface area contributed by atoms with E-state index >= 15 is 0 Å². The molecule has 2 heterocycles. The summed E-state index contributed by atoms with van der Waals surface area (Å²) < 4.78 is 53.4. The van der Waals surface area contributed by atoms with Crippen LogP contribution >= 0.6 is 0 Å². The van der Waals surface area contributed by atoms with Gasteiger partial charge in [0.25, 0.3) is 23.6 Å². The molecule has 9 rings (SSSR count). The minimum Gasteiger partial charge on any atom is -0.478 e. The molecule has 0 radical (unpaired) electrons. The highest BCUT2D eigenvalue weighted by Gasteiger charge is 2.39. The molecule has 0 aliphatic carbocycles. The largest absolute Gasteiger partial charge is 0.478 e.